The summed E-state index contributed by atoms with van der Waals surface area (Å²) < 4.78 is 39.7. The molecule has 0 aliphatic carbocycles. The van der Waals surface area contributed by atoms with Crippen LogP contribution in [0.25, 0.3) is 0 Å². The van der Waals surface area contributed by atoms with Gasteiger partial charge >= 0.3 is 12.2 Å². The molecule has 0 spiro atoms. The third-order valence-corrected chi connectivity index (χ3v) is 11.9. The number of rotatable bonds is 17. The number of nitrogens with zero attached hydrogens (tertiary/aromatic N) is 3. The molecule has 2 fully saturated rings. The highest BCUT2D eigenvalue weighted by Crippen LogP contribution is 2.39. The fraction of sp³-hybridized carbons (Fsp3) is 0.478. The molecule has 6 atom stereocenters. The largest absolute Gasteiger partial charge is 0.453 e. The lowest BCUT2D eigenvalue weighted by Crippen LogP contribution is -2.56. The number of ether oxygens (including phenoxy) is 2. The molecule has 17 heteroatoms. The molecule has 2 saturated heterocycles. The van der Waals surface area contributed by atoms with E-state index in [1.165, 1.54) is 9.80 Å². The molecule has 15 nitrogen and oxygen atoms in total. The van der Waals surface area contributed by atoms with Crippen LogP contribution in [-0.4, -0.2) is 97.4 Å². The number of alkyl halides is 2. The number of methoxy groups -OCH3 is 2. The third kappa shape index (κ3) is 12.0. The highest BCUT2D eigenvalue weighted by Gasteiger charge is 2.47. The second-order valence-electron chi connectivity index (χ2n) is 17.8. The van der Waals surface area contributed by atoms with Crippen molar-refractivity contribution in [1.82, 2.24) is 20.4 Å². The van der Waals surface area contributed by atoms with Gasteiger partial charge < -0.3 is 46.3 Å². The van der Waals surface area contributed by atoms with Crippen molar-refractivity contribution in [3.05, 3.63) is 101 Å². The van der Waals surface area contributed by atoms with E-state index in [1.54, 1.807) is 27.7 Å². The molecular weight excluding hydrogens is 817 g/mol. The number of halogens is 2. The number of carbonyl (C=O) groups is 6. The number of alkyl carbamates (subject to hydrolysis) is 2. The average Bonchev–Trinajstić information content (AvgIpc) is 3.83. The van der Waals surface area contributed by atoms with Crippen molar-refractivity contribution in [2.24, 2.45) is 22.3 Å². The van der Waals surface area contributed by atoms with Gasteiger partial charge in [0.1, 0.15) is 24.4 Å². The average molecular weight is 876 g/mol. The molecular formula is C46H59F2N7O8. The first kappa shape index (κ1) is 47.8. The van der Waals surface area contributed by atoms with Crippen LogP contribution >= 0.6 is 0 Å². The summed E-state index contributed by atoms with van der Waals surface area (Å²) in [5.41, 5.74) is 13.0. The smallest absolute Gasteiger partial charge is 0.407 e. The van der Waals surface area contributed by atoms with Crippen molar-refractivity contribution in [3.63, 3.8) is 0 Å². The Balaban J connectivity index is 1.34. The second-order valence-corrected chi connectivity index (χ2v) is 17.8. The summed E-state index contributed by atoms with van der Waals surface area (Å²) in [5.74, 6) is -2.42. The number of anilines is 1. The zero-order valence-electron chi connectivity index (χ0n) is 36.6. The summed E-state index contributed by atoms with van der Waals surface area (Å²) in [4.78, 5) is 81.5. The summed E-state index contributed by atoms with van der Waals surface area (Å²) in [6, 6.07) is 21.2. The first-order valence-corrected chi connectivity index (χ1v) is 20.8. The van der Waals surface area contributed by atoms with Crippen LogP contribution in [0.3, 0.4) is 0 Å². The number of para-hydroxylation sites is 1. The van der Waals surface area contributed by atoms with Crippen molar-refractivity contribution >= 4 is 41.5 Å². The molecule has 0 radical (unpaired) electrons. The molecule has 6 N–H and O–H groups in total. The molecule has 3 aromatic rings. The molecule has 5 rings (SSSR count). The summed E-state index contributed by atoms with van der Waals surface area (Å²) in [6.45, 7) is 7.08. The molecule has 0 bridgehead atoms. The number of likely N-dealkylation sites (tertiary alicyclic amines) is 2. The zero-order valence-corrected chi connectivity index (χ0v) is 36.6. The van der Waals surface area contributed by atoms with Crippen molar-refractivity contribution < 1.29 is 47.0 Å². The number of hydrogen-bond donors (Lipinski definition) is 4. The van der Waals surface area contributed by atoms with Crippen molar-refractivity contribution in [3.8, 4) is 0 Å². The predicted octanol–water partition coefficient (Wildman–Crippen LogP) is 5.37. The molecule has 3 aromatic carbocycles. The van der Waals surface area contributed by atoms with E-state index in [1.807, 2.05) is 78.9 Å². The minimum absolute atomic E-state index is 0.0510. The molecule has 6 amide bonds. The summed E-state index contributed by atoms with van der Waals surface area (Å²) in [6.07, 6.45) is -4.68. The highest BCUT2D eigenvalue weighted by molar-refractivity contribution is 5.89. The molecule has 0 saturated carbocycles. The van der Waals surface area contributed by atoms with Crippen LogP contribution in [0.15, 0.2) is 78.9 Å². The van der Waals surface area contributed by atoms with E-state index < -0.39 is 83.2 Å². The van der Waals surface area contributed by atoms with Gasteiger partial charge in [-0.1, -0.05) is 94.4 Å². The Bertz CT molecular complexity index is 1980. The van der Waals surface area contributed by atoms with Gasteiger partial charge in [-0.2, -0.15) is 0 Å². The minimum atomic E-state index is -1.31. The lowest BCUT2D eigenvalue weighted by Gasteiger charge is -2.37. The van der Waals surface area contributed by atoms with E-state index in [0.29, 0.717) is 24.2 Å². The Morgan fingerprint density at radius 1 is 0.651 bits per heavy atom. The number of primary amides is 2. The van der Waals surface area contributed by atoms with Crippen LogP contribution in [0.1, 0.15) is 87.7 Å². The lowest BCUT2D eigenvalue weighted by molar-refractivity contribution is -0.139. The maximum Gasteiger partial charge on any atom is 0.407 e. The van der Waals surface area contributed by atoms with Crippen molar-refractivity contribution in [2.45, 2.75) is 103 Å². The van der Waals surface area contributed by atoms with E-state index in [2.05, 4.69) is 15.5 Å². The Kier molecular flexibility index (Phi) is 15.4. The molecule has 63 heavy (non-hydrogen) atoms. The SMILES string of the molecule is COC(=O)N[C@H](C(=O)N1C[C@@H](F)C[C@H]1c1ccc(CN(Cc2ccc([C@@H]3C[C@H](F)CN3C(=O)[C@@H](NC(=O)OC)C(C)(C)CC(N)=O)cc2)c2ccccc2)cc1)C(C)(C)CC(N)=O. The summed E-state index contributed by atoms with van der Waals surface area (Å²) >= 11 is 0. The molecule has 340 valence electrons. The Morgan fingerprint density at radius 3 is 1.35 bits per heavy atom. The lowest BCUT2D eigenvalue weighted by atomic mass is 9.80. The highest BCUT2D eigenvalue weighted by atomic mass is 19.1. The zero-order chi connectivity index (χ0) is 46.2. The van der Waals surface area contributed by atoms with Crippen LogP contribution in [0.5, 0.6) is 0 Å². The van der Waals surface area contributed by atoms with E-state index in [0.717, 1.165) is 31.0 Å². The van der Waals surface area contributed by atoms with Crippen LogP contribution in [-0.2, 0) is 41.7 Å². The fourth-order valence-electron chi connectivity index (χ4n) is 8.67. The van der Waals surface area contributed by atoms with Gasteiger partial charge in [-0.05, 0) is 34.4 Å². The number of carbonyl (C=O) groups excluding carboxylic acids is 6. The molecule has 2 heterocycles. The Labute approximate surface area is 366 Å². The minimum Gasteiger partial charge on any atom is -0.453 e. The van der Waals surface area contributed by atoms with E-state index in [-0.39, 0.29) is 38.8 Å². The van der Waals surface area contributed by atoms with Crippen LogP contribution in [0.4, 0.5) is 24.1 Å². The van der Waals surface area contributed by atoms with Gasteiger partial charge in [-0.3, -0.25) is 19.2 Å². The number of benzene rings is 3. The van der Waals surface area contributed by atoms with Gasteiger partial charge in [0, 0.05) is 55.3 Å². The van der Waals surface area contributed by atoms with Crippen LogP contribution < -0.4 is 27.0 Å². The number of amides is 6. The second kappa shape index (κ2) is 20.3. The molecule has 0 unspecified atom stereocenters. The van der Waals surface area contributed by atoms with Crippen molar-refractivity contribution in [1.29, 1.82) is 0 Å². The maximum atomic E-state index is 15.1. The summed E-state index contributed by atoms with van der Waals surface area (Å²) in [7, 11) is 2.32. The molecule has 2 aliphatic heterocycles. The fourth-order valence-corrected chi connectivity index (χ4v) is 8.67. The summed E-state index contributed by atoms with van der Waals surface area (Å²) in [5, 5.41) is 5.08. The van der Waals surface area contributed by atoms with E-state index in [4.69, 9.17) is 20.9 Å². The van der Waals surface area contributed by atoms with Gasteiger partial charge in [0.25, 0.3) is 0 Å². The number of nitrogens with one attached hydrogen (secondary N) is 2. The third-order valence-electron chi connectivity index (χ3n) is 11.9. The van der Waals surface area contributed by atoms with Gasteiger partial charge in [0.15, 0.2) is 0 Å². The first-order valence-electron chi connectivity index (χ1n) is 20.8. The quantitative estimate of drug-likeness (QED) is 0.137. The van der Waals surface area contributed by atoms with Crippen LogP contribution in [0.2, 0.25) is 0 Å². The van der Waals surface area contributed by atoms with E-state index >= 15 is 8.78 Å². The van der Waals surface area contributed by atoms with Gasteiger partial charge in [-0.25, -0.2) is 18.4 Å². The number of hydrogen-bond acceptors (Lipinski definition) is 9. The van der Waals surface area contributed by atoms with Crippen LogP contribution in [0, 0.1) is 10.8 Å². The topological polar surface area (TPSA) is 207 Å². The van der Waals surface area contributed by atoms with E-state index in [9.17, 15) is 28.8 Å². The van der Waals surface area contributed by atoms with Gasteiger partial charge in [0.2, 0.25) is 23.6 Å². The first-order chi connectivity index (χ1) is 29.7. The standard InChI is InChI=1S/C46H59F2N7O8/c1-45(2,22-37(49)56)39(51-43(60)62-5)41(58)54-26-32(47)20-35(54)30-16-12-28(13-17-30)24-53(34-10-8-7-9-11-34)25-29-14-18-31(19-15-29)36-21-33(48)27-55(36)42(59)40(52-44(61)63-6)46(3,4)23-38(50)57/h7-19,32-33,35-36,39-40H,20-27H2,1-6H3,(H2,49,56)(H2,50,57)(H,51,60)(H,52,61)/t32-,33-,35-,36-,39+,40+/m0/s1. The molecule has 0 aromatic heterocycles. The van der Waals surface area contributed by atoms with Crippen molar-refractivity contribution in [2.75, 3.05) is 32.2 Å². The van der Waals surface area contributed by atoms with Gasteiger partial charge in [0.05, 0.1) is 39.4 Å². The maximum absolute atomic E-state index is 15.1. The predicted molar refractivity (Wildman–Crippen MR) is 231 cm³/mol. The molecule has 2 aliphatic rings. The van der Waals surface area contributed by atoms with Gasteiger partial charge in [-0.15, -0.1) is 0 Å². The Hall–Kier alpha value is -6.26. The normalized spacial score (nSPS) is 19.7. The number of nitrogens with two attached hydrogens (primary N) is 2. The Morgan fingerprint density at radius 2 is 1.02 bits per heavy atom. The monoisotopic (exact) mass is 875 g/mol.